The number of hydrogen-bond donors (Lipinski definition) is 2. The molecule has 0 aliphatic rings. The second-order valence-electron chi connectivity index (χ2n) is 5.96. The van der Waals surface area contributed by atoms with Crippen LogP contribution in [0.5, 0.6) is 5.75 Å². The van der Waals surface area contributed by atoms with Gasteiger partial charge in [0.15, 0.2) is 0 Å². The van der Waals surface area contributed by atoms with Gasteiger partial charge in [0.25, 0.3) is 5.91 Å². The van der Waals surface area contributed by atoms with E-state index in [-0.39, 0.29) is 18.3 Å². The molecule has 24 heavy (non-hydrogen) atoms. The number of aliphatic carboxylic acids is 1. The third-order valence-electron chi connectivity index (χ3n) is 3.40. The lowest BCUT2D eigenvalue weighted by atomic mass is 9.95. The number of amides is 1. The Morgan fingerprint density at radius 3 is 2.21 bits per heavy atom. The molecule has 0 fully saturated rings. The Labute approximate surface area is 139 Å². The van der Waals surface area contributed by atoms with Gasteiger partial charge < -0.3 is 15.2 Å². The van der Waals surface area contributed by atoms with Gasteiger partial charge in [0.1, 0.15) is 18.2 Å². The number of rotatable bonds is 6. The first-order valence-electron chi connectivity index (χ1n) is 7.31. The first kappa shape index (κ1) is 17.5. The number of anilines is 1. The van der Waals surface area contributed by atoms with Gasteiger partial charge in [-0.2, -0.15) is 0 Å². The van der Waals surface area contributed by atoms with Crippen LogP contribution in [0.3, 0.4) is 0 Å². The third-order valence-corrected chi connectivity index (χ3v) is 3.40. The van der Waals surface area contributed by atoms with Gasteiger partial charge in [0, 0.05) is 11.3 Å². The molecular formula is C18H18FNO4. The smallest absolute Gasteiger partial charge is 0.312 e. The summed E-state index contributed by atoms with van der Waals surface area (Å²) in [4.78, 5) is 23.1. The maximum Gasteiger partial charge on any atom is 0.312 e. The van der Waals surface area contributed by atoms with Crippen molar-refractivity contribution in [3.8, 4) is 5.75 Å². The molecule has 6 heteroatoms. The van der Waals surface area contributed by atoms with Crippen molar-refractivity contribution in [2.75, 3.05) is 11.9 Å². The number of ether oxygens (including phenoxy) is 1. The lowest BCUT2D eigenvalue weighted by Crippen LogP contribution is -2.30. The molecule has 0 spiro atoms. The molecule has 0 aliphatic heterocycles. The van der Waals surface area contributed by atoms with Crippen molar-refractivity contribution in [1.82, 2.24) is 0 Å². The number of hydrogen-bond acceptors (Lipinski definition) is 3. The number of halogens is 1. The zero-order valence-electron chi connectivity index (χ0n) is 13.4. The van der Waals surface area contributed by atoms with Crippen molar-refractivity contribution in [2.24, 2.45) is 5.41 Å². The molecular weight excluding hydrogens is 313 g/mol. The van der Waals surface area contributed by atoms with Crippen molar-refractivity contribution in [1.29, 1.82) is 0 Å². The van der Waals surface area contributed by atoms with Crippen LogP contribution in [0.25, 0.3) is 0 Å². The van der Waals surface area contributed by atoms with Gasteiger partial charge in [-0.05, 0) is 62.4 Å². The highest BCUT2D eigenvalue weighted by atomic mass is 19.1. The summed E-state index contributed by atoms with van der Waals surface area (Å²) in [5.41, 5.74) is -0.104. The lowest BCUT2D eigenvalue weighted by molar-refractivity contribution is -0.148. The normalized spacial score (nSPS) is 11.0. The Morgan fingerprint density at radius 2 is 1.67 bits per heavy atom. The molecule has 0 aliphatic carbocycles. The molecule has 0 aromatic heterocycles. The third kappa shape index (κ3) is 4.55. The molecule has 0 unspecified atom stereocenters. The molecule has 2 rings (SSSR count). The molecule has 1 amide bonds. The maximum absolute atomic E-state index is 12.8. The summed E-state index contributed by atoms with van der Waals surface area (Å²) in [5.74, 6) is -1.18. The molecule has 2 aromatic carbocycles. The first-order valence-corrected chi connectivity index (χ1v) is 7.31. The van der Waals surface area contributed by atoms with Crippen LogP contribution in [0.1, 0.15) is 24.2 Å². The van der Waals surface area contributed by atoms with Crippen LogP contribution < -0.4 is 10.1 Å². The summed E-state index contributed by atoms with van der Waals surface area (Å²) in [5, 5.41) is 11.7. The Kier molecular flexibility index (Phi) is 5.18. The van der Waals surface area contributed by atoms with Crippen LogP contribution >= 0.6 is 0 Å². The summed E-state index contributed by atoms with van der Waals surface area (Å²) in [6.07, 6.45) is 0. The van der Waals surface area contributed by atoms with E-state index in [2.05, 4.69) is 5.32 Å². The van der Waals surface area contributed by atoms with E-state index in [9.17, 15) is 14.0 Å². The summed E-state index contributed by atoms with van der Waals surface area (Å²) < 4.78 is 18.3. The first-order chi connectivity index (χ1) is 11.3. The minimum Gasteiger partial charge on any atom is -0.492 e. The quantitative estimate of drug-likeness (QED) is 0.848. The molecule has 0 radical (unpaired) electrons. The highest BCUT2D eigenvalue weighted by molar-refractivity contribution is 6.04. The highest BCUT2D eigenvalue weighted by Gasteiger charge is 2.28. The summed E-state index contributed by atoms with van der Waals surface area (Å²) in [6.45, 7) is 3.16. The number of carboxylic acid groups (broad SMARTS) is 1. The van der Waals surface area contributed by atoms with E-state index >= 15 is 0 Å². The van der Waals surface area contributed by atoms with Crippen LogP contribution in [0.4, 0.5) is 10.1 Å². The molecule has 0 saturated carbocycles. The summed E-state index contributed by atoms with van der Waals surface area (Å²) >= 11 is 0. The van der Waals surface area contributed by atoms with E-state index in [1.807, 2.05) is 0 Å². The van der Waals surface area contributed by atoms with Crippen LogP contribution in [0.2, 0.25) is 0 Å². The van der Waals surface area contributed by atoms with Crippen molar-refractivity contribution in [3.63, 3.8) is 0 Å². The van der Waals surface area contributed by atoms with E-state index in [1.54, 1.807) is 38.1 Å². The maximum atomic E-state index is 12.8. The van der Waals surface area contributed by atoms with Crippen molar-refractivity contribution in [2.45, 2.75) is 13.8 Å². The van der Waals surface area contributed by atoms with Crippen LogP contribution in [-0.4, -0.2) is 23.6 Å². The zero-order valence-corrected chi connectivity index (χ0v) is 13.4. The van der Waals surface area contributed by atoms with Crippen molar-refractivity contribution >= 4 is 17.6 Å². The van der Waals surface area contributed by atoms with E-state index in [0.717, 1.165) is 0 Å². The standard InChI is InChI=1S/C18H18FNO4/c1-18(2,17(22)23)11-24-15-9-3-12(4-10-15)16(21)20-14-7-5-13(19)6-8-14/h3-10H,11H2,1-2H3,(H,20,21)(H,22,23). The SMILES string of the molecule is CC(C)(COc1ccc(C(=O)Nc2ccc(F)cc2)cc1)C(=O)O. The fourth-order valence-electron chi connectivity index (χ4n) is 1.76. The van der Waals surface area contributed by atoms with Gasteiger partial charge in [-0.1, -0.05) is 0 Å². The topological polar surface area (TPSA) is 75.6 Å². The zero-order chi connectivity index (χ0) is 17.7. The Hall–Kier alpha value is -2.89. The Balaban J connectivity index is 1.97. The predicted octanol–water partition coefficient (Wildman–Crippen LogP) is 3.57. The van der Waals surface area contributed by atoms with Crippen LogP contribution in [0.15, 0.2) is 48.5 Å². The number of benzene rings is 2. The van der Waals surface area contributed by atoms with Crippen LogP contribution in [0, 0.1) is 11.2 Å². The van der Waals surface area contributed by atoms with Crippen LogP contribution in [-0.2, 0) is 4.79 Å². The van der Waals surface area contributed by atoms with Gasteiger partial charge >= 0.3 is 5.97 Å². The minimum atomic E-state index is -1.00. The van der Waals surface area contributed by atoms with Gasteiger partial charge in [-0.3, -0.25) is 9.59 Å². The van der Waals surface area contributed by atoms with E-state index < -0.39 is 11.4 Å². The molecule has 2 N–H and O–H groups in total. The number of carboxylic acids is 1. The second kappa shape index (κ2) is 7.12. The average molecular weight is 331 g/mol. The molecule has 0 heterocycles. The van der Waals surface area contributed by atoms with Gasteiger partial charge in [0.05, 0.1) is 5.41 Å². The molecule has 2 aromatic rings. The number of carbonyl (C=O) groups excluding carboxylic acids is 1. The van der Waals surface area contributed by atoms with E-state index in [1.165, 1.54) is 24.3 Å². The average Bonchev–Trinajstić information content (AvgIpc) is 2.55. The van der Waals surface area contributed by atoms with Crippen molar-refractivity contribution in [3.05, 3.63) is 59.9 Å². The summed E-state index contributed by atoms with van der Waals surface area (Å²) in [7, 11) is 0. The second-order valence-corrected chi connectivity index (χ2v) is 5.96. The molecule has 0 saturated heterocycles. The molecule has 0 bridgehead atoms. The number of nitrogens with one attached hydrogen (secondary N) is 1. The summed E-state index contributed by atoms with van der Waals surface area (Å²) in [6, 6.07) is 11.8. The molecule has 126 valence electrons. The fourth-order valence-corrected chi connectivity index (χ4v) is 1.76. The lowest BCUT2D eigenvalue weighted by Gasteiger charge is -2.19. The Morgan fingerprint density at radius 1 is 1.08 bits per heavy atom. The predicted molar refractivity (Wildman–Crippen MR) is 87.7 cm³/mol. The van der Waals surface area contributed by atoms with E-state index in [4.69, 9.17) is 9.84 Å². The molecule has 5 nitrogen and oxygen atoms in total. The fraction of sp³-hybridized carbons (Fsp3) is 0.222. The van der Waals surface area contributed by atoms with Gasteiger partial charge in [0.2, 0.25) is 0 Å². The highest BCUT2D eigenvalue weighted by Crippen LogP contribution is 2.20. The van der Waals surface area contributed by atoms with Gasteiger partial charge in [-0.15, -0.1) is 0 Å². The van der Waals surface area contributed by atoms with Crippen molar-refractivity contribution < 1.29 is 23.8 Å². The molecule has 0 atom stereocenters. The Bertz CT molecular complexity index is 724. The number of carbonyl (C=O) groups is 2. The monoisotopic (exact) mass is 331 g/mol. The van der Waals surface area contributed by atoms with Gasteiger partial charge in [-0.25, -0.2) is 4.39 Å². The minimum absolute atomic E-state index is 0.0173. The van der Waals surface area contributed by atoms with E-state index in [0.29, 0.717) is 17.0 Å². The largest absolute Gasteiger partial charge is 0.492 e.